The van der Waals surface area contributed by atoms with Crippen LogP contribution in [-0.2, 0) is 11.2 Å². The Balaban J connectivity index is 1.51. The Morgan fingerprint density at radius 3 is 3.00 bits per heavy atom. The number of hydrogen-bond donors (Lipinski definition) is 2. The Hall–Kier alpha value is -3.97. The van der Waals surface area contributed by atoms with E-state index in [1.54, 1.807) is 23.2 Å². The molecule has 1 amide bonds. The lowest BCUT2D eigenvalue weighted by molar-refractivity contribution is -0.385. The molecular weight excluding hydrogens is 400 g/mol. The van der Waals surface area contributed by atoms with Crippen molar-refractivity contribution in [1.82, 2.24) is 14.9 Å². The summed E-state index contributed by atoms with van der Waals surface area (Å²) < 4.78 is 5.72. The predicted molar refractivity (Wildman–Crippen MR) is 111 cm³/mol. The third-order valence-corrected chi connectivity index (χ3v) is 5.33. The third-order valence-electron chi connectivity index (χ3n) is 5.33. The van der Waals surface area contributed by atoms with Gasteiger partial charge in [0.2, 0.25) is 11.8 Å². The second-order valence-corrected chi connectivity index (χ2v) is 7.36. The van der Waals surface area contributed by atoms with E-state index in [2.05, 4.69) is 16.0 Å². The van der Waals surface area contributed by atoms with Gasteiger partial charge in [-0.25, -0.2) is 4.98 Å². The smallest absolute Gasteiger partial charge is 0.287 e. The summed E-state index contributed by atoms with van der Waals surface area (Å²) >= 11 is 0. The van der Waals surface area contributed by atoms with E-state index in [0.29, 0.717) is 25.1 Å². The Morgan fingerprint density at radius 1 is 1.45 bits per heavy atom. The van der Waals surface area contributed by atoms with Gasteiger partial charge in [0.15, 0.2) is 0 Å². The van der Waals surface area contributed by atoms with Gasteiger partial charge in [-0.05, 0) is 43.0 Å². The molecule has 10 heteroatoms. The molecule has 4 rings (SSSR count). The number of carbonyl (C=O) groups is 1. The summed E-state index contributed by atoms with van der Waals surface area (Å²) in [6.45, 7) is 0.554. The molecule has 1 saturated heterocycles. The van der Waals surface area contributed by atoms with Gasteiger partial charge in [0.05, 0.1) is 17.0 Å². The van der Waals surface area contributed by atoms with Crippen LogP contribution in [0.3, 0.4) is 0 Å². The van der Waals surface area contributed by atoms with Crippen molar-refractivity contribution >= 4 is 22.5 Å². The number of likely N-dealkylation sites (tertiary alicyclic amines) is 1. The second kappa shape index (κ2) is 8.41. The van der Waals surface area contributed by atoms with Crippen LogP contribution >= 0.6 is 0 Å². The fourth-order valence-electron chi connectivity index (χ4n) is 3.75. The van der Waals surface area contributed by atoms with Gasteiger partial charge in [0.1, 0.15) is 18.0 Å². The van der Waals surface area contributed by atoms with Crippen LogP contribution in [0.1, 0.15) is 18.4 Å². The van der Waals surface area contributed by atoms with Crippen molar-refractivity contribution in [3.8, 4) is 17.7 Å². The number of nitriles is 1. The number of fused-ring (bicyclic) bond motifs is 1. The maximum absolute atomic E-state index is 12.7. The second-order valence-electron chi connectivity index (χ2n) is 7.36. The van der Waals surface area contributed by atoms with Crippen LogP contribution in [0.2, 0.25) is 0 Å². The maximum atomic E-state index is 12.7. The number of aromatic nitrogens is 2. The number of hydrogen-bond acceptors (Lipinski definition) is 7. The number of aromatic amines is 1. The molecule has 0 aliphatic carbocycles. The van der Waals surface area contributed by atoms with Gasteiger partial charge in [0, 0.05) is 35.8 Å². The van der Waals surface area contributed by atoms with Crippen LogP contribution in [0.25, 0.3) is 10.9 Å². The fraction of sp³-hybridized carbons (Fsp3) is 0.286. The Kier molecular flexibility index (Phi) is 5.51. The fourth-order valence-corrected chi connectivity index (χ4v) is 3.75. The molecule has 3 heterocycles. The van der Waals surface area contributed by atoms with Crippen molar-refractivity contribution in [2.75, 3.05) is 6.54 Å². The highest BCUT2D eigenvalue weighted by Crippen LogP contribution is 2.28. The summed E-state index contributed by atoms with van der Waals surface area (Å²) in [7, 11) is 0. The van der Waals surface area contributed by atoms with E-state index >= 15 is 0 Å². The molecule has 2 unspecified atom stereocenters. The predicted octanol–water partition coefficient (Wildman–Crippen LogP) is 2.65. The van der Waals surface area contributed by atoms with Crippen molar-refractivity contribution in [2.45, 2.75) is 31.3 Å². The number of nitrogens with one attached hydrogen (secondary N) is 1. The van der Waals surface area contributed by atoms with Crippen LogP contribution < -0.4 is 10.5 Å². The number of pyridine rings is 1. The Bertz CT molecular complexity index is 1170. The molecule has 2 aromatic heterocycles. The van der Waals surface area contributed by atoms with Crippen LogP contribution in [0.4, 0.5) is 5.69 Å². The molecule has 10 nitrogen and oxygen atoms in total. The highest BCUT2D eigenvalue weighted by Gasteiger charge is 2.31. The lowest BCUT2D eigenvalue weighted by Crippen LogP contribution is -2.46. The molecule has 3 aromatic rings. The first-order chi connectivity index (χ1) is 15.0. The summed E-state index contributed by atoms with van der Waals surface area (Å²) in [5.41, 5.74) is 7.77. The molecule has 0 spiro atoms. The van der Waals surface area contributed by atoms with E-state index in [1.807, 2.05) is 6.07 Å². The van der Waals surface area contributed by atoms with Crippen molar-refractivity contribution in [3.05, 3.63) is 58.4 Å². The summed E-state index contributed by atoms with van der Waals surface area (Å²) in [4.78, 5) is 31.6. The average molecular weight is 420 g/mol. The monoisotopic (exact) mass is 420 g/mol. The van der Waals surface area contributed by atoms with E-state index in [-0.39, 0.29) is 17.5 Å². The van der Waals surface area contributed by atoms with Gasteiger partial charge >= 0.3 is 0 Å². The molecule has 2 atom stereocenters. The first-order valence-corrected chi connectivity index (χ1v) is 9.80. The van der Waals surface area contributed by atoms with Gasteiger partial charge in [-0.3, -0.25) is 14.9 Å². The summed E-state index contributed by atoms with van der Waals surface area (Å²) in [6.07, 6.45) is 4.73. The molecule has 1 aliphatic heterocycles. The molecule has 0 bridgehead atoms. The molecular formula is C21H20N6O4. The minimum absolute atomic E-state index is 0.119. The summed E-state index contributed by atoms with van der Waals surface area (Å²) in [5.74, 6) is 0.505. The topological polar surface area (TPSA) is 151 Å². The van der Waals surface area contributed by atoms with E-state index in [9.17, 15) is 20.2 Å². The van der Waals surface area contributed by atoms with Crippen LogP contribution in [0.5, 0.6) is 11.6 Å². The number of rotatable bonds is 6. The number of nitro groups is 1. The molecule has 1 aliphatic rings. The van der Waals surface area contributed by atoms with Crippen molar-refractivity contribution in [3.63, 3.8) is 0 Å². The normalized spacial score (nSPS) is 16.8. The minimum Gasteiger partial charge on any atom is -0.439 e. The van der Waals surface area contributed by atoms with E-state index in [0.717, 1.165) is 29.1 Å². The van der Waals surface area contributed by atoms with Crippen LogP contribution in [0, 0.1) is 21.4 Å². The Morgan fingerprint density at radius 2 is 2.29 bits per heavy atom. The quantitative estimate of drug-likeness (QED) is 0.459. The van der Waals surface area contributed by atoms with Crippen molar-refractivity contribution < 1.29 is 14.5 Å². The lowest BCUT2D eigenvalue weighted by atomic mass is 10.0. The van der Waals surface area contributed by atoms with Crippen LogP contribution in [-0.4, -0.2) is 44.3 Å². The number of ether oxygens (including phenoxy) is 1. The van der Waals surface area contributed by atoms with E-state index in [1.165, 1.54) is 12.1 Å². The summed E-state index contributed by atoms with van der Waals surface area (Å²) in [5, 5.41) is 20.8. The van der Waals surface area contributed by atoms with Gasteiger partial charge < -0.3 is 20.4 Å². The SMILES string of the molecule is N#CC1CCCN1C(=O)C(N)Cc1c[nH]c2ccc(Oc3ccc([N+](=O)[O-])cn3)cc12. The number of nitrogens with zero attached hydrogens (tertiary/aromatic N) is 4. The Labute approximate surface area is 177 Å². The molecule has 31 heavy (non-hydrogen) atoms. The standard InChI is InChI=1S/C21H20N6O4/c22-10-14-2-1-7-26(14)21(28)18(23)8-13-11-24-19-5-4-16(9-17(13)19)31-20-6-3-15(12-25-20)27(29)30/h3-6,9,11-12,14,18,24H,1-2,7-8,23H2. The zero-order valence-electron chi connectivity index (χ0n) is 16.5. The largest absolute Gasteiger partial charge is 0.439 e. The first-order valence-electron chi connectivity index (χ1n) is 9.80. The molecule has 1 fully saturated rings. The minimum atomic E-state index is -0.756. The zero-order valence-corrected chi connectivity index (χ0v) is 16.5. The maximum Gasteiger partial charge on any atom is 0.287 e. The van der Waals surface area contributed by atoms with Crippen molar-refractivity contribution in [2.24, 2.45) is 5.73 Å². The van der Waals surface area contributed by atoms with Crippen molar-refractivity contribution in [1.29, 1.82) is 5.26 Å². The van der Waals surface area contributed by atoms with Gasteiger partial charge in [-0.1, -0.05) is 0 Å². The zero-order chi connectivity index (χ0) is 22.0. The number of nitrogens with two attached hydrogens (primary N) is 1. The molecule has 0 saturated carbocycles. The van der Waals surface area contributed by atoms with Crippen LogP contribution in [0.15, 0.2) is 42.7 Å². The third kappa shape index (κ3) is 4.17. The summed E-state index contributed by atoms with van der Waals surface area (Å²) in [6, 6.07) is 9.13. The number of carbonyl (C=O) groups excluding carboxylic acids is 1. The highest BCUT2D eigenvalue weighted by atomic mass is 16.6. The molecule has 1 aromatic carbocycles. The van der Waals surface area contributed by atoms with Gasteiger partial charge in [0.25, 0.3) is 5.69 Å². The number of amides is 1. The van der Waals surface area contributed by atoms with E-state index in [4.69, 9.17) is 10.5 Å². The highest BCUT2D eigenvalue weighted by molar-refractivity contribution is 5.87. The molecule has 3 N–H and O–H groups in total. The lowest BCUT2D eigenvalue weighted by Gasteiger charge is -2.23. The average Bonchev–Trinajstić information content (AvgIpc) is 3.40. The molecule has 0 radical (unpaired) electrons. The van der Waals surface area contributed by atoms with Gasteiger partial charge in [-0.15, -0.1) is 0 Å². The molecule has 158 valence electrons. The number of H-pyrrole nitrogens is 1. The number of benzene rings is 1. The first kappa shape index (κ1) is 20.3. The van der Waals surface area contributed by atoms with Gasteiger partial charge in [-0.2, -0.15) is 5.26 Å². The van der Waals surface area contributed by atoms with E-state index < -0.39 is 17.0 Å².